The van der Waals surface area contributed by atoms with Gasteiger partial charge in [-0.05, 0) is 53.6 Å². The minimum Gasteiger partial charge on any atom is -0.309 e. The van der Waals surface area contributed by atoms with Crippen molar-refractivity contribution in [2.24, 2.45) is 0 Å². The van der Waals surface area contributed by atoms with Crippen molar-refractivity contribution in [1.29, 1.82) is 0 Å². The SMILES string of the molecule is c1ccc(-c2c(-c3cccc(-c4cccc(-n5c6ccccc6c6ccccc65)c4)c3)nc3ccccn23)cc1. The number of rotatable bonds is 4. The van der Waals surface area contributed by atoms with Gasteiger partial charge in [0.05, 0.1) is 22.4 Å². The summed E-state index contributed by atoms with van der Waals surface area (Å²) in [4.78, 5) is 5.08. The second-order valence-corrected chi connectivity index (χ2v) is 10.1. The Labute approximate surface area is 232 Å². The van der Waals surface area contributed by atoms with Crippen molar-refractivity contribution in [1.82, 2.24) is 14.0 Å². The van der Waals surface area contributed by atoms with Crippen LogP contribution in [0, 0.1) is 0 Å². The highest BCUT2D eigenvalue weighted by Gasteiger charge is 2.17. The fraction of sp³-hybridized carbons (Fsp3) is 0. The molecule has 0 aliphatic heterocycles. The highest BCUT2D eigenvalue weighted by atomic mass is 15.0. The van der Waals surface area contributed by atoms with Crippen LogP contribution < -0.4 is 0 Å². The molecule has 5 aromatic carbocycles. The third-order valence-electron chi connectivity index (χ3n) is 7.73. The normalized spacial score (nSPS) is 11.5. The third kappa shape index (κ3) is 3.56. The van der Waals surface area contributed by atoms with E-state index in [9.17, 15) is 0 Å². The summed E-state index contributed by atoms with van der Waals surface area (Å²) in [5.74, 6) is 0. The second kappa shape index (κ2) is 9.11. The fourth-order valence-electron chi connectivity index (χ4n) is 5.94. The van der Waals surface area contributed by atoms with Crippen molar-refractivity contribution >= 4 is 27.5 Å². The fourth-order valence-corrected chi connectivity index (χ4v) is 5.94. The molecule has 0 fully saturated rings. The van der Waals surface area contributed by atoms with E-state index in [1.165, 1.54) is 27.4 Å². The average Bonchev–Trinajstić information content (AvgIpc) is 3.58. The Hall–Kier alpha value is -5.41. The Morgan fingerprint density at radius 2 is 1.05 bits per heavy atom. The van der Waals surface area contributed by atoms with Gasteiger partial charge in [-0.3, -0.25) is 4.40 Å². The molecule has 0 saturated carbocycles. The lowest BCUT2D eigenvalue weighted by molar-refractivity contribution is 1.18. The predicted molar refractivity (Wildman–Crippen MR) is 166 cm³/mol. The number of fused-ring (bicyclic) bond motifs is 4. The van der Waals surface area contributed by atoms with Crippen LogP contribution >= 0.6 is 0 Å². The molecule has 3 nitrogen and oxygen atoms in total. The Kier molecular flexibility index (Phi) is 5.14. The number of hydrogen-bond acceptors (Lipinski definition) is 1. The minimum absolute atomic E-state index is 0.940. The Morgan fingerprint density at radius 3 is 1.82 bits per heavy atom. The van der Waals surface area contributed by atoms with Gasteiger partial charge in [-0.15, -0.1) is 0 Å². The molecule has 0 saturated heterocycles. The predicted octanol–water partition coefficient (Wildman–Crippen LogP) is 9.43. The van der Waals surface area contributed by atoms with Gasteiger partial charge in [0.25, 0.3) is 0 Å². The molecular weight excluding hydrogens is 486 g/mol. The lowest BCUT2D eigenvalue weighted by atomic mass is 9.99. The zero-order valence-electron chi connectivity index (χ0n) is 21.8. The molecule has 0 aliphatic rings. The molecule has 0 unspecified atom stereocenters. The minimum atomic E-state index is 0.940. The van der Waals surface area contributed by atoms with E-state index in [2.05, 4.69) is 155 Å². The Bertz CT molecular complexity index is 2110. The first kappa shape index (κ1) is 22.6. The molecule has 0 N–H and O–H groups in total. The summed E-state index contributed by atoms with van der Waals surface area (Å²) in [6.45, 7) is 0. The van der Waals surface area contributed by atoms with Gasteiger partial charge in [-0.1, -0.05) is 103 Å². The van der Waals surface area contributed by atoms with Crippen molar-refractivity contribution in [3.05, 3.63) is 152 Å². The van der Waals surface area contributed by atoms with Gasteiger partial charge in [0, 0.05) is 33.8 Å². The van der Waals surface area contributed by atoms with Gasteiger partial charge in [0.1, 0.15) is 5.65 Å². The molecule has 3 heteroatoms. The lowest BCUT2D eigenvalue weighted by Gasteiger charge is -2.11. The first-order valence-electron chi connectivity index (χ1n) is 13.6. The van der Waals surface area contributed by atoms with Crippen LogP contribution in [0.25, 0.3) is 66.8 Å². The summed E-state index contributed by atoms with van der Waals surface area (Å²) in [6.07, 6.45) is 2.09. The third-order valence-corrected chi connectivity index (χ3v) is 7.73. The van der Waals surface area contributed by atoms with Crippen LogP contribution in [0.4, 0.5) is 0 Å². The van der Waals surface area contributed by atoms with Crippen molar-refractivity contribution in [2.45, 2.75) is 0 Å². The van der Waals surface area contributed by atoms with Crippen molar-refractivity contribution in [2.75, 3.05) is 0 Å². The van der Waals surface area contributed by atoms with Gasteiger partial charge in [-0.25, -0.2) is 4.98 Å². The zero-order valence-corrected chi connectivity index (χ0v) is 21.8. The van der Waals surface area contributed by atoms with Crippen molar-refractivity contribution in [3.63, 3.8) is 0 Å². The topological polar surface area (TPSA) is 22.2 Å². The molecule has 3 heterocycles. The average molecular weight is 512 g/mol. The molecule has 40 heavy (non-hydrogen) atoms. The summed E-state index contributed by atoms with van der Waals surface area (Å²) in [7, 11) is 0. The monoisotopic (exact) mass is 511 g/mol. The number of hydrogen-bond donors (Lipinski definition) is 0. The number of benzene rings is 5. The highest BCUT2D eigenvalue weighted by Crippen LogP contribution is 2.36. The van der Waals surface area contributed by atoms with E-state index < -0.39 is 0 Å². The molecule has 3 aromatic heterocycles. The quantitative estimate of drug-likeness (QED) is 0.231. The zero-order chi connectivity index (χ0) is 26.5. The molecule has 8 aromatic rings. The van der Waals surface area contributed by atoms with Gasteiger partial charge < -0.3 is 4.57 Å². The van der Waals surface area contributed by atoms with E-state index in [1.54, 1.807) is 0 Å². The van der Waals surface area contributed by atoms with Crippen LogP contribution in [0.15, 0.2) is 152 Å². The number of pyridine rings is 1. The van der Waals surface area contributed by atoms with Crippen LogP contribution in [-0.4, -0.2) is 14.0 Å². The molecule has 0 bridgehead atoms. The molecular formula is C37H25N3. The molecule has 8 rings (SSSR count). The smallest absolute Gasteiger partial charge is 0.137 e. The maximum Gasteiger partial charge on any atom is 0.137 e. The molecule has 188 valence electrons. The van der Waals surface area contributed by atoms with Crippen LogP contribution in [0.2, 0.25) is 0 Å². The number of para-hydroxylation sites is 2. The summed E-state index contributed by atoms with van der Waals surface area (Å²) >= 11 is 0. The molecule has 0 radical (unpaired) electrons. The van der Waals surface area contributed by atoms with Crippen LogP contribution in [0.3, 0.4) is 0 Å². The van der Waals surface area contributed by atoms with E-state index in [-0.39, 0.29) is 0 Å². The van der Waals surface area contributed by atoms with Gasteiger partial charge >= 0.3 is 0 Å². The Balaban J connectivity index is 1.29. The van der Waals surface area contributed by atoms with Gasteiger partial charge in [-0.2, -0.15) is 0 Å². The summed E-state index contributed by atoms with van der Waals surface area (Å²) in [6, 6.07) is 51.6. The number of nitrogens with zero attached hydrogens (tertiary/aromatic N) is 3. The van der Waals surface area contributed by atoms with Gasteiger partial charge in [0.2, 0.25) is 0 Å². The maximum atomic E-state index is 5.08. The second-order valence-electron chi connectivity index (χ2n) is 10.1. The standard InChI is InChI=1S/C37H25N3/c1-2-12-26(13-3-1)37-36(38-35-22-8-9-23-39(35)37)29-16-10-14-27(24-29)28-15-11-17-30(25-28)40-33-20-6-4-18-31(33)32-19-5-7-21-34(32)40/h1-25H. The highest BCUT2D eigenvalue weighted by molar-refractivity contribution is 6.09. The van der Waals surface area contributed by atoms with E-state index in [0.717, 1.165) is 39.4 Å². The van der Waals surface area contributed by atoms with Crippen molar-refractivity contribution < 1.29 is 0 Å². The van der Waals surface area contributed by atoms with E-state index >= 15 is 0 Å². The molecule has 0 atom stereocenters. The first-order chi connectivity index (χ1) is 19.8. The summed E-state index contributed by atoms with van der Waals surface area (Å²) in [5, 5.41) is 2.54. The summed E-state index contributed by atoms with van der Waals surface area (Å²) < 4.78 is 4.55. The number of imidazole rings is 1. The summed E-state index contributed by atoms with van der Waals surface area (Å²) in [5.41, 5.74) is 11.2. The molecule has 0 amide bonds. The molecule has 0 spiro atoms. The molecule has 0 aliphatic carbocycles. The number of aromatic nitrogens is 3. The van der Waals surface area contributed by atoms with Crippen molar-refractivity contribution in [3.8, 4) is 39.3 Å². The van der Waals surface area contributed by atoms with E-state index in [1.807, 2.05) is 6.07 Å². The first-order valence-corrected chi connectivity index (χ1v) is 13.6. The van der Waals surface area contributed by atoms with E-state index in [0.29, 0.717) is 0 Å². The Morgan fingerprint density at radius 1 is 0.450 bits per heavy atom. The maximum absolute atomic E-state index is 5.08. The lowest BCUT2D eigenvalue weighted by Crippen LogP contribution is -1.94. The van der Waals surface area contributed by atoms with E-state index in [4.69, 9.17) is 4.98 Å². The van der Waals surface area contributed by atoms with Gasteiger partial charge in [0.15, 0.2) is 0 Å². The largest absolute Gasteiger partial charge is 0.309 e. The van der Waals surface area contributed by atoms with Crippen LogP contribution in [0.5, 0.6) is 0 Å². The van der Waals surface area contributed by atoms with Crippen LogP contribution in [0.1, 0.15) is 0 Å². The van der Waals surface area contributed by atoms with Crippen LogP contribution in [-0.2, 0) is 0 Å².